The number of carbonyl (C=O) groups excluding carboxylic acids is 1. The minimum atomic E-state index is -0.718. The van der Waals surface area contributed by atoms with E-state index in [1.807, 2.05) is 0 Å². The first-order chi connectivity index (χ1) is 9.54. The zero-order chi connectivity index (χ0) is 14.4. The first-order valence-electron chi connectivity index (χ1n) is 5.89. The summed E-state index contributed by atoms with van der Waals surface area (Å²) in [7, 11) is 3.03. The van der Waals surface area contributed by atoms with E-state index in [9.17, 15) is 9.18 Å². The van der Waals surface area contributed by atoms with Crippen LogP contribution in [0.2, 0.25) is 5.02 Å². The molecule has 0 unspecified atom stereocenters. The van der Waals surface area contributed by atoms with Crippen molar-refractivity contribution < 1.29 is 13.9 Å². The van der Waals surface area contributed by atoms with Crippen molar-refractivity contribution in [1.82, 2.24) is 9.78 Å². The lowest BCUT2D eigenvalue weighted by molar-refractivity contribution is 0.0991. The van der Waals surface area contributed by atoms with Crippen molar-refractivity contribution in [3.05, 3.63) is 40.3 Å². The van der Waals surface area contributed by atoms with Gasteiger partial charge in [0.05, 0.1) is 30.4 Å². The van der Waals surface area contributed by atoms with Crippen LogP contribution in [-0.4, -0.2) is 22.8 Å². The minimum absolute atomic E-state index is 0.00690. The molecule has 0 saturated heterocycles. The summed E-state index contributed by atoms with van der Waals surface area (Å²) in [5.74, 6) is -0.646. The normalized spacial score (nSPS) is 13.8. The van der Waals surface area contributed by atoms with Crippen molar-refractivity contribution in [2.24, 2.45) is 7.05 Å². The van der Waals surface area contributed by atoms with Gasteiger partial charge >= 0.3 is 0 Å². The topological polar surface area (TPSA) is 47.4 Å². The van der Waals surface area contributed by atoms with Crippen molar-refractivity contribution in [2.75, 3.05) is 12.0 Å². The lowest BCUT2D eigenvalue weighted by Gasteiger charge is -2.14. The van der Waals surface area contributed by atoms with Gasteiger partial charge in [-0.1, -0.05) is 11.6 Å². The van der Waals surface area contributed by atoms with E-state index >= 15 is 0 Å². The summed E-state index contributed by atoms with van der Waals surface area (Å²) in [5.41, 5.74) is 0.548. The average Bonchev–Trinajstić information content (AvgIpc) is 2.94. The maximum absolute atomic E-state index is 14.3. The number of halogens is 2. The first-order valence-corrected chi connectivity index (χ1v) is 6.27. The molecule has 1 aliphatic heterocycles. The number of nitrogens with zero attached hydrogens (tertiary/aromatic N) is 3. The van der Waals surface area contributed by atoms with Crippen LogP contribution in [0, 0.1) is 5.82 Å². The quantitative estimate of drug-likeness (QED) is 0.854. The molecule has 0 aliphatic carbocycles. The molecule has 0 saturated carbocycles. The van der Waals surface area contributed by atoms with Crippen LogP contribution in [0.4, 0.5) is 10.2 Å². The maximum Gasteiger partial charge on any atom is 0.263 e. The Morgan fingerprint density at radius 1 is 1.50 bits per heavy atom. The predicted octanol–water partition coefficient (Wildman–Crippen LogP) is 2.38. The van der Waals surface area contributed by atoms with Crippen molar-refractivity contribution in [1.29, 1.82) is 0 Å². The van der Waals surface area contributed by atoms with Gasteiger partial charge in [0.15, 0.2) is 11.6 Å². The highest BCUT2D eigenvalue weighted by molar-refractivity contribution is 6.32. The van der Waals surface area contributed by atoms with E-state index in [1.165, 1.54) is 12.0 Å². The molecule has 0 bridgehead atoms. The van der Waals surface area contributed by atoms with Gasteiger partial charge in [-0.15, -0.1) is 0 Å². The Bertz CT molecular complexity index is 714. The number of benzene rings is 1. The van der Waals surface area contributed by atoms with Gasteiger partial charge in [0.25, 0.3) is 5.91 Å². The summed E-state index contributed by atoms with van der Waals surface area (Å²) < 4.78 is 20.8. The summed E-state index contributed by atoms with van der Waals surface area (Å²) in [6.07, 6.45) is 1.58. The van der Waals surface area contributed by atoms with Gasteiger partial charge in [0.1, 0.15) is 5.82 Å². The van der Waals surface area contributed by atoms with Crippen LogP contribution in [0.3, 0.4) is 0 Å². The zero-order valence-corrected chi connectivity index (χ0v) is 11.6. The first kappa shape index (κ1) is 12.9. The number of carbonyl (C=O) groups is 1. The fourth-order valence-electron chi connectivity index (χ4n) is 2.39. The van der Waals surface area contributed by atoms with Crippen molar-refractivity contribution in [2.45, 2.75) is 6.54 Å². The van der Waals surface area contributed by atoms with E-state index in [-0.39, 0.29) is 22.9 Å². The molecule has 0 spiro atoms. The highest BCUT2D eigenvalue weighted by Crippen LogP contribution is 2.37. The summed E-state index contributed by atoms with van der Waals surface area (Å²) in [6, 6.07) is 3.26. The Labute approximate surface area is 119 Å². The van der Waals surface area contributed by atoms with Gasteiger partial charge in [0, 0.05) is 13.1 Å². The Morgan fingerprint density at radius 3 is 2.85 bits per heavy atom. The SMILES string of the molecule is COc1c(Cl)cc2c(c1F)C(=O)N(c1ccnn1C)C2. The third kappa shape index (κ3) is 1.68. The summed E-state index contributed by atoms with van der Waals surface area (Å²) in [5, 5.41) is 4.17. The molecule has 1 aliphatic rings. The van der Waals surface area contributed by atoms with E-state index in [0.29, 0.717) is 11.4 Å². The van der Waals surface area contributed by atoms with E-state index < -0.39 is 11.7 Å². The van der Waals surface area contributed by atoms with E-state index in [2.05, 4.69) is 5.10 Å². The summed E-state index contributed by atoms with van der Waals surface area (Å²) >= 11 is 5.95. The van der Waals surface area contributed by atoms with Crippen LogP contribution < -0.4 is 9.64 Å². The van der Waals surface area contributed by atoms with Gasteiger partial charge < -0.3 is 4.74 Å². The molecule has 1 amide bonds. The fraction of sp³-hybridized carbons (Fsp3) is 0.231. The number of amides is 1. The minimum Gasteiger partial charge on any atom is -0.492 e. The summed E-state index contributed by atoms with van der Waals surface area (Å²) in [4.78, 5) is 13.8. The van der Waals surface area contributed by atoms with Crippen LogP contribution in [0.25, 0.3) is 0 Å². The average molecular weight is 296 g/mol. The lowest BCUT2D eigenvalue weighted by atomic mass is 10.1. The molecular weight excluding hydrogens is 285 g/mol. The third-order valence-electron chi connectivity index (χ3n) is 3.32. The molecule has 3 rings (SSSR count). The molecule has 0 atom stereocenters. The molecule has 104 valence electrons. The van der Waals surface area contributed by atoms with E-state index in [0.717, 1.165) is 0 Å². The van der Waals surface area contributed by atoms with Crippen LogP contribution in [0.1, 0.15) is 15.9 Å². The molecule has 0 fully saturated rings. The van der Waals surface area contributed by atoms with Crippen molar-refractivity contribution in [3.63, 3.8) is 0 Å². The van der Waals surface area contributed by atoms with Crippen LogP contribution in [0.5, 0.6) is 5.75 Å². The molecule has 2 aromatic rings. The van der Waals surface area contributed by atoms with Crippen LogP contribution in [0.15, 0.2) is 18.3 Å². The fourth-order valence-corrected chi connectivity index (χ4v) is 2.68. The zero-order valence-electron chi connectivity index (χ0n) is 10.9. The Morgan fingerprint density at radius 2 is 2.25 bits per heavy atom. The standard InChI is InChI=1S/C13H11ClFN3O2/c1-17-9(3-4-16-17)18-6-7-5-8(14)12(20-2)11(15)10(7)13(18)19/h3-5H,6H2,1-2H3. The molecule has 0 radical (unpaired) electrons. The predicted molar refractivity (Wildman–Crippen MR) is 71.7 cm³/mol. The van der Waals surface area contributed by atoms with E-state index in [4.69, 9.17) is 16.3 Å². The molecule has 20 heavy (non-hydrogen) atoms. The largest absolute Gasteiger partial charge is 0.492 e. The number of aryl methyl sites for hydroxylation is 1. The molecule has 2 heterocycles. The second-order valence-electron chi connectivity index (χ2n) is 4.44. The van der Waals surface area contributed by atoms with E-state index in [1.54, 1.807) is 30.1 Å². The Balaban J connectivity index is 2.12. The monoisotopic (exact) mass is 295 g/mol. The lowest BCUT2D eigenvalue weighted by Crippen LogP contribution is -2.25. The van der Waals surface area contributed by atoms with Gasteiger partial charge in [-0.2, -0.15) is 5.10 Å². The molecule has 1 aromatic carbocycles. The highest BCUT2D eigenvalue weighted by atomic mass is 35.5. The maximum atomic E-state index is 14.3. The summed E-state index contributed by atoms with van der Waals surface area (Å²) in [6.45, 7) is 0.258. The number of anilines is 1. The number of fused-ring (bicyclic) bond motifs is 1. The molecule has 5 nitrogen and oxygen atoms in total. The number of ether oxygens (including phenoxy) is 1. The van der Waals surface area contributed by atoms with Gasteiger partial charge in [-0.25, -0.2) is 4.39 Å². The molecule has 7 heteroatoms. The Hall–Kier alpha value is -2.08. The number of rotatable bonds is 2. The van der Waals surface area contributed by atoms with Crippen LogP contribution in [-0.2, 0) is 13.6 Å². The molecule has 1 aromatic heterocycles. The van der Waals surface area contributed by atoms with Crippen molar-refractivity contribution >= 4 is 23.3 Å². The third-order valence-corrected chi connectivity index (χ3v) is 3.60. The number of hydrogen-bond donors (Lipinski definition) is 0. The highest BCUT2D eigenvalue weighted by Gasteiger charge is 2.35. The second-order valence-corrected chi connectivity index (χ2v) is 4.85. The number of aromatic nitrogens is 2. The van der Waals surface area contributed by atoms with Crippen LogP contribution >= 0.6 is 11.6 Å². The van der Waals surface area contributed by atoms with Gasteiger partial charge in [0.2, 0.25) is 0 Å². The molecule has 0 N–H and O–H groups in total. The molecular formula is C13H11ClFN3O2. The smallest absolute Gasteiger partial charge is 0.263 e. The second kappa shape index (κ2) is 4.49. The van der Waals surface area contributed by atoms with Gasteiger partial charge in [-0.3, -0.25) is 14.4 Å². The Kier molecular flexibility index (Phi) is 2.90. The number of methoxy groups -OCH3 is 1. The number of hydrogen-bond acceptors (Lipinski definition) is 3. The van der Waals surface area contributed by atoms with Gasteiger partial charge in [-0.05, 0) is 11.6 Å². The van der Waals surface area contributed by atoms with Crippen molar-refractivity contribution in [3.8, 4) is 5.75 Å².